The molecule has 0 aromatic heterocycles. The third-order valence-electron chi connectivity index (χ3n) is 0. The van der Waals surface area contributed by atoms with Gasteiger partial charge in [-0.2, -0.15) is 0 Å². The smallest absolute Gasteiger partial charge is 0 e. The Bertz CT molecular complexity index is 33.8. The van der Waals surface area contributed by atoms with Crippen LogP contribution in [0.5, 0.6) is 0 Å². The van der Waals surface area contributed by atoms with E-state index in [9.17, 15) is 0 Å². The van der Waals surface area contributed by atoms with Crippen molar-refractivity contribution in [1.29, 1.82) is 0 Å². The molecular weight excluding hydrogens is 263 g/mol. The van der Waals surface area contributed by atoms with E-state index >= 15 is 0 Å². The van der Waals surface area contributed by atoms with Gasteiger partial charge in [-0.3, -0.25) is 0 Å². The Morgan fingerprint density at radius 1 is 1.33 bits per heavy atom. The van der Waals surface area contributed by atoms with E-state index in [4.69, 9.17) is 15.0 Å². The fourth-order valence-electron chi connectivity index (χ4n) is 0. The molecule has 30 valence electrons. The molecule has 0 aromatic carbocycles. The molecule has 0 aliphatic heterocycles. The molecular formula is CH4BaO3Zn. The molecule has 0 saturated heterocycles. The molecule has 0 unspecified atom stereocenters. The van der Waals surface area contributed by atoms with Gasteiger partial charge in [0.1, 0.15) is 0 Å². The molecule has 0 aliphatic rings. The molecule has 2 N–H and O–H groups in total. The van der Waals surface area contributed by atoms with Crippen molar-refractivity contribution in [2.75, 3.05) is 0 Å². The van der Waals surface area contributed by atoms with E-state index in [0.29, 0.717) is 0 Å². The first-order valence-corrected chi connectivity index (χ1v) is 0.651. The van der Waals surface area contributed by atoms with Crippen molar-refractivity contribution in [1.82, 2.24) is 0 Å². The van der Waals surface area contributed by atoms with E-state index in [1.165, 1.54) is 0 Å². The van der Waals surface area contributed by atoms with Crippen LogP contribution < -0.4 is 0 Å². The Hall–Kier alpha value is 1.46. The Morgan fingerprint density at radius 3 is 1.33 bits per heavy atom. The molecule has 0 rings (SSSR count). The third kappa shape index (κ3) is 50.8. The topological polar surface area (TPSA) is 57.5 Å². The minimum absolute atomic E-state index is 0. The Morgan fingerprint density at radius 2 is 1.33 bits per heavy atom. The summed E-state index contributed by atoms with van der Waals surface area (Å²) in [4.78, 5) is 8.56. The molecule has 0 spiro atoms. The molecule has 0 heterocycles. The molecule has 0 aliphatic carbocycles. The van der Waals surface area contributed by atoms with Crippen LogP contribution in [-0.2, 0) is 19.5 Å². The zero-order valence-electron chi connectivity index (χ0n) is 2.51. The van der Waals surface area contributed by atoms with Gasteiger partial charge in [-0.25, -0.2) is 4.79 Å². The summed E-state index contributed by atoms with van der Waals surface area (Å²) < 4.78 is 0. The molecule has 0 fully saturated rings. The SMILES string of the molecule is O=C(O)O.[BaH2].[Zn]. The van der Waals surface area contributed by atoms with Crippen molar-refractivity contribution >= 4 is 55.0 Å². The minimum atomic E-state index is -1.83. The summed E-state index contributed by atoms with van der Waals surface area (Å²) >= 11 is 0. The van der Waals surface area contributed by atoms with Crippen LogP contribution in [0.1, 0.15) is 0 Å². The van der Waals surface area contributed by atoms with Gasteiger partial charge in [-0.1, -0.05) is 0 Å². The molecule has 5 heteroatoms. The number of rotatable bonds is 0. The Kier molecular flexibility index (Phi) is 25.3. The van der Waals surface area contributed by atoms with Gasteiger partial charge in [0.05, 0.1) is 0 Å². The van der Waals surface area contributed by atoms with Gasteiger partial charge < -0.3 is 10.2 Å². The minimum Gasteiger partial charge on any atom is 0 e. The van der Waals surface area contributed by atoms with Gasteiger partial charge >= 0.3 is 55.0 Å². The monoisotopic (exact) mass is 266 g/mol. The predicted molar refractivity (Wildman–Crippen MR) is 19.2 cm³/mol. The zero-order valence-corrected chi connectivity index (χ0v) is 5.48. The van der Waals surface area contributed by atoms with Crippen LogP contribution in [0.15, 0.2) is 0 Å². The second-order valence-corrected chi connectivity index (χ2v) is 0.283. The van der Waals surface area contributed by atoms with Gasteiger partial charge in [-0.15, -0.1) is 0 Å². The average Bonchev–Trinajstić information content (AvgIpc) is 0.811. The molecule has 6 heavy (non-hydrogen) atoms. The predicted octanol–water partition coefficient (Wildman–Crippen LogP) is -0.696. The standard InChI is InChI=1S/CH2O3.Ba.Zn.2H/c2-1(3)4;;;;/h(H2,2,3,4);;;;. The van der Waals surface area contributed by atoms with Crippen molar-refractivity contribution in [2.45, 2.75) is 0 Å². The fourth-order valence-corrected chi connectivity index (χ4v) is 0. The molecule has 0 radical (unpaired) electrons. The summed E-state index contributed by atoms with van der Waals surface area (Å²) in [7, 11) is 0. The van der Waals surface area contributed by atoms with E-state index in [2.05, 4.69) is 0 Å². The van der Waals surface area contributed by atoms with E-state index < -0.39 is 6.16 Å². The van der Waals surface area contributed by atoms with Crippen molar-refractivity contribution in [3.8, 4) is 0 Å². The summed E-state index contributed by atoms with van der Waals surface area (Å²) in [6, 6.07) is 0. The van der Waals surface area contributed by atoms with Crippen LogP contribution >= 0.6 is 0 Å². The van der Waals surface area contributed by atoms with E-state index in [1.54, 1.807) is 0 Å². The van der Waals surface area contributed by atoms with Gasteiger partial charge in [0.25, 0.3) is 0 Å². The van der Waals surface area contributed by atoms with Crippen LogP contribution in [0.4, 0.5) is 4.79 Å². The molecule has 0 amide bonds. The van der Waals surface area contributed by atoms with Crippen molar-refractivity contribution < 1.29 is 34.5 Å². The van der Waals surface area contributed by atoms with Crippen molar-refractivity contribution in [3.63, 3.8) is 0 Å². The largest absolute Gasteiger partial charge is 0 e. The van der Waals surface area contributed by atoms with Gasteiger partial charge in [0.15, 0.2) is 0 Å². The fraction of sp³-hybridized carbons (Fsp3) is 0. The summed E-state index contributed by atoms with van der Waals surface area (Å²) in [6.45, 7) is 0. The molecule has 0 atom stereocenters. The van der Waals surface area contributed by atoms with Crippen LogP contribution in [0, 0.1) is 0 Å². The average molecular weight is 267 g/mol. The van der Waals surface area contributed by atoms with Crippen LogP contribution in [-0.4, -0.2) is 65.2 Å². The first-order valence-electron chi connectivity index (χ1n) is 0.651. The van der Waals surface area contributed by atoms with Crippen LogP contribution in [0.2, 0.25) is 0 Å². The number of hydrogen-bond donors (Lipinski definition) is 2. The van der Waals surface area contributed by atoms with Crippen LogP contribution in [0.25, 0.3) is 0 Å². The molecule has 0 bridgehead atoms. The second kappa shape index (κ2) is 9.69. The molecule has 3 nitrogen and oxygen atoms in total. The van der Waals surface area contributed by atoms with E-state index in [0.717, 1.165) is 0 Å². The Labute approximate surface area is 87.9 Å². The van der Waals surface area contributed by atoms with Gasteiger partial charge in [-0.05, 0) is 0 Å². The normalized spacial score (nSPS) is 4.00. The van der Waals surface area contributed by atoms with E-state index in [1.807, 2.05) is 0 Å². The third-order valence-corrected chi connectivity index (χ3v) is 0. The maximum atomic E-state index is 8.56. The molecule has 0 saturated carbocycles. The number of carbonyl (C=O) groups is 1. The molecule has 0 aromatic rings. The summed E-state index contributed by atoms with van der Waals surface area (Å²) in [5.74, 6) is 0. The van der Waals surface area contributed by atoms with Crippen LogP contribution in [0.3, 0.4) is 0 Å². The maximum Gasteiger partial charge on any atom is 0 e. The maximum absolute atomic E-state index is 8.56. The quantitative estimate of drug-likeness (QED) is 0.571. The van der Waals surface area contributed by atoms with E-state index in [-0.39, 0.29) is 68.4 Å². The van der Waals surface area contributed by atoms with Crippen molar-refractivity contribution in [3.05, 3.63) is 0 Å². The van der Waals surface area contributed by atoms with Crippen molar-refractivity contribution in [2.24, 2.45) is 0 Å². The first-order chi connectivity index (χ1) is 1.73. The zero-order chi connectivity index (χ0) is 3.58. The van der Waals surface area contributed by atoms with Gasteiger partial charge in [0, 0.05) is 19.5 Å². The Balaban J connectivity index is -0.0000000450. The van der Waals surface area contributed by atoms with Gasteiger partial charge in [0.2, 0.25) is 0 Å². The summed E-state index contributed by atoms with van der Waals surface area (Å²) in [5, 5.41) is 13.9. The summed E-state index contributed by atoms with van der Waals surface area (Å²) in [5.41, 5.74) is 0. The summed E-state index contributed by atoms with van der Waals surface area (Å²) in [6.07, 6.45) is -1.83. The number of hydrogen-bond acceptors (Lipinski definition) is 1. The second-order valence-electron chi connectivity index (χ2n) is 0.283. The number of carboxylic acid groups (broad SMARTS) is 2. The first kappa shape index (κ1) is 15.7.